The van der Waals surface area contributed by atoms with Gasteiger partial charge in [-0.15, -0.1) is 0 Å². The molecule has 0 aliphatic rings. The molecule has 0 aliphatic carbocycles. The van der Waals surface area contributed by atoms with Gasteiger partial charge in [0.15, 0.2) is 0 Å². The van der Waals surface area contributed by atoms with Crippen molar-refractivity contribution in [2.75, 3.05) is 20.6 Å². The van der Waals surface area contributed by atoms with Crippen molar-refractivity contribution in [2.24, 2.45) is 5.73 Å². The molecule has 0 spiro atoms. The molecule has 0 radical (unpaired) electrons. The van der Waals surface area contributed by atoms with Gasteiger partial charge in [-0.1, -0.05) is 18.2 Å². The lowest BCUT2D eigenvalue weighted by Crippen LogP contribution is -2.28. The number of benzene rings is 1. The summed E-state index contributed by atoms with van der Waals surface area (Å²) in [5.74, 6) is 0. The molecule has 1 heterocycles. The summed E-state index contributed by atoms with van der Waals surface area (Å²) in [7, 11) is 4.10. The van der Waals surface area contributed by atoms with Crippen LogP contribution in [0.25, 0.3) is 5.69 Å². The van der Waals surface area contributed by atoms with Gasteiger partial charge in [0, 0.05) is 17.8 Å². The van der Waals surface area contributed by atoms with Gasteiger partial charge in [-0.25, -0.2) is 4.68 Å². The predicted octanol–water partition coefficient (Wildman–Crippen LogP) is 2.05. The van der Waals surface area contributed by atoms with Crippen LogP contribution in [0.5, 0.6) is 0 Å². The Labute approximate surface area is 114 Å². The minimum Gasteiger partial charge on any atom is -0.329 e. The van der Waals surface area contributed by atoms with Crippen molar-refractivity contribution in [3.8, 4) is 5.69 Å². The number of aromatic nitrogens is 2. The summed E-state index contributed by atoms with van der Waals surface area (Å²) < 4.78 is 2.00. The topological polar surface area (TPSA) is 47.1 Å². The van der Waals surface area contributed by atoms with E-state index in [1.165, 1.54) is 5.56 Å². The van der Waals surface area contributed by atoms with E-state index in [2.05, 4.69) is 43.2 Å². The second-order valence-electron chi connectivity index (χ2n) is 5.05. The van der Waals surface area contributed by atoms with Gasteiger partial charge in [-0.05, 0) is 40.1 Å². The molecule has 1 atom stereocenters. The second-order valence-corrected chi connectivity index (χ2v) is 5.05. The number of likely N-dealkylation sites (N-methyl/N-ethyl adjacent to an activating group) is 1. The average Bonchev–Trinajstić information content (AvgIpc) is 2.68. The highest BCUT2D eigenvalue weighted by Gasteiger charge is 2.21. The molecule has 4 heteroatoms. The third-order valence-electron chi connectivity index (χ3n) is 3.53. The molecule has 4 nitrogen and oxygen atoms in total. The van der Waals surface area contributed by atoms with E-state index in [-0.39, 0.29) is 6.04 Å². The molecule has 2 N–H and O–H groups in total. The number of para-hydroxylation sites is 1. The fraction of sp³-hybridized carbons (Fsp3) is 0.400. The van der Waals surface area contributed by atoms with E-state index in [0.29, 0.717) is 6.54 Å². The van der Waals surface area contributed by atoms with Crippen molar-refractivity contribution in [3.05, 3.63) is 47.3 Å². The zero-order valence-corrected chi connectivity index (χ0v) is 12.1. The maximum Gasteiger partial charge on any atom is 0.0649 e. The summed E-state index contributed by atoms with van der Waals surface area (Å²) in [4.78, 5) is 2.15. The number of nitrogens with two attached hydrogens (primary N) is 1. The number of hydrogen-bond donors (Lipinski definition) is 1. The van der Waals surface area contributed by atoms with E-state index >= 15 is 0 Å². The maximum absolute atomic E-state index is 5.91. The zero-order chi connectivity index (χ0) is 14.0. The molecule has 1 aromatic heterocycles. The molecule has 102 valence electrons. The lowest BCUT2D eigenvalue weighted by Gasteiger charge is -2.23. The largest absolute Gasteiger partial charge is 0.329 e. The lowest BCUT2D eigenvalue weighted by molar-refractivity contribution is 0.304. The Morgan fingerprint density at radius 2 is 1.84 bits per heavy atom. The Bertz CT molecular complexity index is 543. The van der Waals surface area contributed by atoms with Gasteiger partial charge in [0.1, 0.15) is 0 Å². The number of nitrogens with zero attached hydrogens (tertiary/aromatic N) is 3. The zero-order valence-electron chi connectivity index (χ0n) is 12.1. The normalized spacial score (nSPS) is 12.9. The first-order chi connectivity index (χ1) is 9.06. The monoisotopic (exact) mass is 258 g/mol. The summed E-state index contributed by atoms with van der Waals surface area (Å²) >= 11 is 0. The van der Waals surface area contributed by atoms with E-state index in [1.807, 2.05) is 29.8 Å². The summed E-state index contributed by atoms with van der Waals surface area (Å²) in [6.45, 7) is 4.75. The SMILES string of the molecule is Cc1nn(-c2ccccc2)c(C)c1C(CN)N(C)C. The molecule has 0 bridgehead atoms. The fourth-order valence-electron chi connectivity index (χ4n) is 2.54. The molecule has 19 heavy (non-hydrogen) atoms. The molecule has 2 rings (SSSR count). The van der Waals surface area contributed by atoms with Gasteiger partial charge >= 0.3 is 0 Å². The van der Waals surface area contributed by atoms with Crippen molar-refractivity contribution in [1.82, 2.24) is 14.7 Å². The first kappa shape index (κ1) is 13.8. The van der Waals surface area contributed by atoms with Crippen LogP contribution in [0, 0.1) is 13.8 Å². The smallest absolute Gasteiger partial charge is 0.0649 e. The first-order valence-electron chi connectivity index (χ1n) is 6.54. The van der Waals surface area contributed by atoms with Crippen LogP contribution in [0.2, 0.25) is 0 Å². The van der Waals surface area contributed by atoms with Crippen molar-refractivity contribution in [2.45, 2.75) is 19.9 Å². The van der Waals surface area contributed by atoms with Gasteiger partial charge < -0.3 is 10.6 Å². The molecule has 1 unspecified atom stereocenters. The Balaban J connectivity index is 2.51. The van der Waals surface area contributed by atoms with Crippen LogP contribution in [0.3, 0.4) is 0 Å². The fourth-order valence-corrected chi connectivity index (χ4v) is 2.54. The Morgan fingerprint density at radius 1 is 1.21 bits per heavy atom. The van der Waals surface area contributed by atoms with Crippen LogP contribution in [-0.2, 0) is 0 Å². The van der Waals surface area contributed by atoms with Crippen LogP contribution >= 0.6 is 0 Å². The molecule has 0 saturated carbocycles. The maximum atomic E-state index is 5.91. The highest BCUT2D eigenvalue weighted by atomic mass is 15.3. The van der Waals surface area contributed by atoms with Crippen LogP contribution in [0.4, 0.5) is 0 Å². The quantitative estimate of drug-likeness (QED) is 0.913. The van der Waals surface area contributed by atoms with E-state index in [1.54, 1.807) is 0 Å². The van der Waals surface area contributed by atoms with Gasteiger partial charge in [0.25, 0.3) is 0 Å². The molecule has 0 aliphatic heterocycles. The standard InChI is InChI=1S/C15H22N4/c1-11-15(14(10-16)18(3)4)12(2)19(17-11)13-8-6-5-7-9-13/h5-9,14H,10,16H2,1-4H3. The average molecular weight is 258 g/mol. The first-order valence-corrected chi connectivity index (χ1v) is 6.54. The number of rotatable bonds is 4. The minimum absolute atomic E-state index is 0.206. The van der Waals surface area contributed by atoms with Crippen molar-refractivity contribution in [1.29, 1.82) is 0 Å². The molecular formula is C15H22N4. The molecule has 0 fully saturated rings. The van der Waals surface area contributed by atoms with Crippen molar-refractivity contribution < 1.29 is 0 Å². The van der Waals surface area contributed by atoms with Gasteiger partial charge in [0.2, 0.25) is 0 Å². The van der Waals surface area contributed by atoms with Gasteiger partial charge in [0.05, 0.1) is 17.4 Å². The van der Waals surface area contributed by atoms with E-state index in [9.17, 15) is 0 Å². The van der Waals surface area contributed by atoms with Crippen LogP contribution < -0.4 is 5.73 Å². The summed E-state index contributed by atoms with van der Waals surface area (Å²) in [5, 5.41) is 4.67. The van der Waals surface area contributed by atoms with E-state index in [4.69, 9.17) is 5.73 Å². The van der Waals surface area contributed by atoms with Gasteiger partial charge in [-0.3, -0.25) is 0 Å². The number of hydrogen-bond acceptors (Lipinski definition) is 3. The summed E-state index contributed by atoms with van der Waals surface area (Å²) in [6.07, 6.45) is 0. The third-order valence-corrected chi connectivity index (χ3v) is 3.53. The van der Waals surface area contributed by atoms with Crippen LogP contribution in [-0.4, -0.2) is 35.3 Å². The Morgan fingerprint density at radius 3 is 2.37 bits per heavy atom. The molecule has 0 amide bonds. The van der Waals surface area contributed by atoms with Crippen LogP contribution in [0.1, 0.15) is 23.0 Å². The highest BCUT2D eigenvalue weighted by Crippen LogP contribution is 2.26. The third kappa shape index (κ3) is 2.55. The Hall–Kier alpha value is -1.65. The van der Waals surface area contributed by atoms with Crippen LogP contribution in [0.15, 0.2) is 30.3 Å². The van der Waals surface area contributed by atoms with E-state index < -0.39 is 0 Å². The number of aryl methyl sites for hydroxylation is 1. The predicted molar refractivity (Wildman–Crippen MR) is 78.5 cm³/mol. The molecule has 2 aromatic rings. The highest BCUT2D eigenvalue weighted by molar-refractivity contribution is 5.38. The molecule has 1 aromatic carbocycles. The summed E-state index contributed by atoms with van der Waals surface area (Å²) in [6, 6.07) is 10.4. The second kappa shape index (κ2) is 5.55. The van der Waals surface area contributed by atoms with E-state index in [0.717, 1.165) is 17.1 Å². The van der Waals surface area contributed by atoms with Crippen molar-refractivity contribution in [3.63, 3.8) is 0 Å². The van der Waals surface area contributed by atoms with Gasteiger partial charge in [-0.2, -0.15) is 5.10 Å². The summed E-state index contributed by atoms with van der Waals surface area (Å²) in [5.41, 5.74) is 10.4. The molecular weight excluding hydrogens is 236 g/mol. The minimum atomic E-state index is 0.206. The molecule has 0 saturated heterocycles. The van der Waals surface area contributed by atoms with Crippen molar-refractivity contribution >= 4 is 0 Å². The Kier molecular flexibility index (Phi) is 4.02. The lowest BCUT2D eigenvalue weighted by atomic mass is 10.0.